The average Bonchev–Trinajstić information content (AvgIpc) is 2.68. The van der Waals surface area contributed by atoms with Crippen LogP contribution in [0.2, 0.25) is 0 Å². The molecule has 1 saturated carbocycles. The summed E-state index contributed by atoms with van der Waals surface area (Å²) < 4.78 is 0. The van der Waals surface area contributed by atoms with E-state index < -0.39 is 0 Å². The van der Waals surface area contributed by atoms with E-state index in [2.05, 4.69) is 29.4 Å². The van der Waals surface area contributed by atoms with Gasteiger partial charge in [0.2, 0.25) is 5.13 Å². The van der Waals surface area contributed by atoms with Crippen molar-refractivity contribution in [2.45, 2.75) is 58.1 Å². The predicted octanol–water partition coefficient (Wildman–Crippen LogP) is 2.45. The van der Waals surface area contributed by atoms with Gasteiger partial charge >= 0.3 is 0 Å². The Hall–Kier alpha value is -0.680. The van der Waals surface area contributed by atoms with Crippen LogP contribution in [0.3, 0.4) is 0 Å². The van der Waals surface area contributed by atoms with Crippen molar-refractivity contribution in [3.05, 3.63) is 5.01 Å². The third kappa shape index (κ3) is 3.92. The molecule has 0 amide bonds. The van der Waals surface area contributed by atoms with Crippen LogP contribution in [0.5, 0.6) is 0 Å². The second-order valence-corrected chi connectivity index (χ2v) is 6.31. The molecule has 1 fully saturated rings. The molecule has 0 spiro atoms. The van der Waals surface area contributed by atoms with E-state index in [4.69, 9.17) is 0 Å². The fourth-order valence-corrected chi connectivity index (χ4v) is 3.17. The average molecular weight is 255 g/mol. The Morgan fingerprint density at radius 2 is 2.00 bits per heavy atom. The summed E-state index contributed by atoms with van der Waals surface area (Å²) in [5.41, 5.74) is 0. The van der Waals surface area contributed by atoms with Gasteiger partial charge < -0.3 is 10.4 Å². The topological polar surface area (TPSA) is 58.0 Å². The number of aliphatic hydroxyl groups excluding tert-OH is 1. The van der Waals surface area contributed by atoms with Crippen LogP contribution in [-0.2, 0) is 6.42 Å². The minimum atomic E-state index is -0.0982. The van der Waals surface area contributed by atoms with E-state index in [0.717, 1.165) is 42.2 Å². The maximum Gasteiger partial charge on any atom is 0.205 e. The van der Waals surface area contributed by atoms with Crippen LogP contribution in [-0.4, -0.2) is 27.4 Å². The molecule has 1 aromatic heterocycles. The molecule has 0 bridgehead atoms. The van der Waals surface area contributed by atoms with Crippen molar-refractivity contribution in [3.8, 4) is 0 Å². The zero-order valence-electron chi connectivity index (χ0n) is 10.5. The van der Waals surface area contributed by atoms with Gasteiger partial charge in [-0.05, 0) is 31.6 Å². The summed E-state index contributed by atoms with van der Waals surface area (Å²) in [6, 6.07) is 0.457. The van der Waals surface area contributed by atoms with Crippen LogP contribution in [0.4, 0.5) is 5.13 Å². The van der Waals surface area contributed by atoms with Gasteiger partial charge in [0.1, 0.15) is 5.01 Å². The molecule has 1 heterocycles. The number of nitrogens with zero attached hydrogens (tertiary/aromatic N) is 2. The first-order valence-electron chi connectivity index (χ1n) is 6.40. The summed E-state index contributed by atoms with van der Waals surface area (Å²) in [6.07, 6.45) is 4.76. The summed E-state index contributed by atoms with van der Waals surface area (Å²) in [7, 11) is 0. The van der Waals surface area contributed by atoms with Crippen molar-refractivity contribution < 1.29 is 5.11 Å². The van der Waals surface area contributed by atoms with Gasteiger partial charge in [0.05, 0.1) is 6.10 Å². The van der Waals surface area contributed by atoms with E-state index in [0.29, 0.717) is 12.0 Å². The van der Waals surface area contributed by atoms with E-state index >= 15 is 0 Å². The van der Waals surface area contributed by atoms with E-state index in [-0.39, 0.29) is 6.10 Å². The van der Waals surface area contributed by atoms with Gasteiger partial charge in [0.25, 0.3) is 0 Å². The summed E-state index contributed by atoms with van der Waals surface area (Å²) in [6.45, 7) is 4.38. The van der Waals surface area contributed by atoms with Crippen LogP contribution in [0.1, 0.15) is 44.5 Å². The van der Waals surface area contributed by atoms with Gasteiger partial charge in [0, 0.05) is 12.5 Å². The molecule has 1 aliphatic carbocycles. The highest BCUT2D eigenvalue weighted by molar-refractivity contribution is 7.15. The van der Waals surface area contributed by atoms with Crippen molar-refractivity contribution in [1.29, 1.82) is 0 Å². The SMILES string of the molecule is CC(C)Cc1nnc(NC2CCC(O)CC2)s1. The monoisotopic (exact) mass is 255 g/mol. The largest absolute Gasteiger partial charge is 0.393 e. The van der Waals surface area contributed by atoms with Crippen molar-refractivity contribution in [3.63, 3.8) is 0 Å². The molecule has 0 unspecified atom stereocenters. The lowest BCUT2D eigenvalue weighted by atomic mass is 9.93. The molecule has 0 saturated heterocycles. The number of anilines is 1. The Morgan fingerprint density at radius 1 is 1.29 bits per heavy atom. The van der Waals surface area contributed by atoms with Crippen LogP contribution < -0.4 is 5.32 Å². The molecule has 0 radical (unpaired) electrons. The van der Waals surface area contributed by atoms with Gasteiger partial charge in [-0.2, -0.15) is 0 Å². The minimum Gasteiger partial charge on any atom is -0.393 e. The van der Waals surface area contributed by atoms with E-state index in [1.165, 1.54) is 0 Å². The summed E-state index contributed by atoms with van der Waals surface area (Å²) in [5, 5.41) is 23.3. The fourth-order valence-electron chi connectivity index (χ4n) is 2.14. The quantitative estimate of drug-likeness (QED) is 0.867. The third-order valence-electron chi connectivity index (χ3n) is 3.07. The van der Waals surface area contributed by atoms with Gasteiger partial charge in [-0.25, -0.2) is 0 Å². The summed E-state index contributed by atoms with van der Waals surface area (Å²) in [4.78, 5) is 0. The zero-order chi connectivity index (χ0) is 12.3. The smallest absolute Gasteiger partial charge is 0.205 e. The van der Waals surface area contributed by atoms with Gasteiger partial charge in [-0.3, -0.25) is 0 Å². The number of aliphatic hydroxyl groups is 1. The lowest BCUT2D eigenvalue weighted by molar-refractivity contribution is 0.126. The molecule has 0 atom stereocenters. The molecule has 4 nitrogen and oxygen atoms in total. The Bertz CT molecular complexity index is 345. The first kappa shape index (κ1) is 12.8. The van der Waals surface area contributed by atoms with E-state index in [9.17, 15) is 5.11 Å². The first-order valence-corrected chi connectivity index (χ1v) is 7.22. The standard InChI is InChI=1S/C12H21N3OS/c1-8(2)7-11-14-15-12(17-11)13-9-3-5-10(16)6-4-9/h8-10,16H,3-7H2,1-2H3,(H,13,15). The van der Waals surface area contributed by atoms with Gasteiger partial charge in [-0.1, -0.05) is 25.2 Å². The van der Waals surface area contributed by atoms with Crippen molar-refractivity contribution in [1.82, 2.24) is 10.2 Å². The number of rotatable bonds is 4. The second-order valence-electron chi connectivity index (χ2n) is 5.25. The predicted molar refractivity (Wildman–Crippen MR) is 70.3 cm³/mol. The Kier molecular flexibility index (Phi) is 4.34. The van der Waals surface area contributed by atoms with E-state index in [1.807, 2.05) is 0 Å². The third-order valence-corrected chi connectivity index (χ3v) is 3.95. The molecular formula is C12H21N3OS. The van der Waals surface area contributed by atoms with Crippen LogP contribution in [0, 0.1) is 5.92 Å². The van der Waals surface area contributed by atoms with Crippen molar-refractivity contribution in [2.24, 2.45) is 5.92 Å². The van der Waals surface area contributed by atoms with Gasteiger partial charge in [0.15, 0.2) is 0 Å². The summed E-state index contributed by atoms with van der Waals surface area (Å²) >= 11 is 1.66. The lowest BCUT2D eigenvalue weighted by Gasteiger charge is -2.25. The highest BCUT2D eigenvalue weighted by atomic mass is 32.1. The Balaban J connectivity index is 1.84. The second kappa shape index (κ2) is 5.78. The number of hydrogen-bond donors (Lipinski definition) is 2. The van der Waals surface area contributed by atoms with Crippen LogP contribution in [0.25, 0.3) is 0 Å². The molecule has 2 rings (SSSR count). The fraction of sp³-hybridized carbons (Fsp3) is 0.833. The summed E-state index contributed by atoms with van der Waals surface area (Å²) in [5.74, 6) is 0.626. The van der Waals surface area contributed by atoms with Crippen molar-refractivity contribution >= 4 is 16.5 Å². The molecule has 5 heteroatoms. The lowest BCUT2D eigenvalue weighted by Crippen LogP contribution is -2.28. The molecule has 96 valence electrons. The molecule has 1 aliphatic rings. The molecule has 0 aromatic carbocycles. The molecular weight excluding hydrogens is 234 g/mol. The number of nitrogens with one attached hydrogen (secondary N) is 1. The zero-order valence-corrected chi connectivity index (χ0v) is 11.3. The van der Waals surface area contributed by atoms with Gasteiger partial charge in [-0.15, -0.1) is 10.2 Å². The number of aromatic nitrogens is 2. The molecule has 1 aromatic rings. The Labute approximate surface area is 106 Å². The highest BCUT2D eigenvalue weighted by Gasteiger charge is 2.20. The molecule has 17 heavy (non-hydrogen) atoms. The van der Waals surface area contributed by atoms with Crippen molar-refractivity contribution in [2.75, 3.05) is 5.32 Å². The van der Waals surface area contributed by atoms with Crippen LogP contribution in [0.15, 0.2) is 0 Å². The minimum absolute atomic E-state index is 0.0982. The molecule has 2 N–H and O–H groups in total. The maximum atomic E-state index is 9.44. The normalized spacial score (nSPS) is 25.2. The Morgan fingerprint density at radius 3 is 2.65 bits per heavy atom. The maximum absolute atomic E-state index is 9.44. The first-order chi connectivity index (χ1) is 8.13. The van der Waals surface area contributed by atoms with Crippen LogP contribution >= 0.6 is 11.3 Å². The number of hydrogen-bond acceptors (Lipinski definition) is 5. The van der Waals surface area contributed by atoms with E-state index in [1.54, 1.807) is 11.3 Å². The molecule has 0 aliphatic heterocycles. The highest BCUT2D eigenvalue weighted by Crippen LogP contribution is 2.24.